The number of benzene rings is 4. The molecule has 0 bridgehead atoms. The van der Waals surface area contributed by atoms with Crippen LogP contribution < -0.4 is 9.47 Å². The summed E-state index contributed by atoms with van der Waals surface area (Å²) in [7, 11) is 0. The molecule has 220 valence electrons. The third kappa shape index (κ3) is 9.61. The summed E-state index contributed by atoms with van der Waals surface area (Å²) < 4.78 is 15.3. The van der Waals surface area contributed by atoms with Crippen LogP contribution in [0.4, 0.5) is 0 Å². The molecule has 0 aliphatic carbocycles. The van der Waals surface area contributed by atoms with Gasteiger partial charge >= 0.3 is 0 Å². The number of hydrogen-bond donors (Lipinski definition) is 0. The topological polar surface area (TPSA) is 18.5 Å². The van der Waals surface area contributed by atoms with Gasteiger partial charge in [0.1, 0.15) is 11.5 Å². The molecule has 4 rings (SSSR count). The molecule has 0 amide bonds. The molecule has 0 heterocycles. The molecule has 0 spiro atoms. The van der Waals surface area contributed by atoms with Gasteiger partial charge in [0.05, 0.1) is 13.2 Å². The first kappa shape index (κ1) is 32.1. The van der Waals surface area contributed by atoms with Crippen molar-refractivity contribution in [1.82, 2.24) is 0 Å². The van der Waals surface area contributed by atoms with Gasteiger partial charge in [0.2, 0.25) is 0 Å². The quantitative estimate of drug-likeness (QED) is 0.0861. The monoisotopic (exact) mass is 688 g/mol. The minimum atomic E-state index is 0.705. The predicted molar refractivity (Wildman–Crippen MR) is 189 cm³/mol. The van der Waals surface area contributed by atoms with Crippen molar-refractivity contribution >= 4 is 66.9 Å². The molecular formula is C38H42Br2O2. The van der Waals surface area contributed by atoms with E-state index in [-0.39, 0.29) is 0 Å². The van der Waals surface area contributed by atoms with Crippen LogP contribution in [-0.4, -0.2) is 13.2 Å². The first-order chi connectivity index (χ1) is 20.6. The second-order valence-electron chi connectivity index (χ2n) is 10.7. The SMILES string of the molecule is CCCCCCOc1c(/C=C/c2ccc(Br)cc2)ccc2c(OCCCCCC)c(/C=C/c3ccc(Br)cc3)ccc12. The summed E-state index contributed by atoms with van der Waals surface area (Å²) in [6.07, 6.45) is 18.0. The Labute approximate surface area is 269 Å². The first-order valence-corrected chi connectivity index (χ1v) is 16.9. The van der Waals surface area contributed by atoms with E-state index in [2.05, 4.69) is 143 Å². The van der Waals surface area contributed by atoms with Crippen LogP contribution in [-0.2, 0) is 0 Å². The zero-order valence-corrected chi connectivity index (χ0v) is 28.1. The third-order valence-electron chi connectivity index (χ3n) is 7.30. The van der Waals surface area contributed by atoms with E-state index in [0.717, 1.165) is 66.3 Å². The summed E-state index contributed by atoms with van der Waals surface area (Å²) in [5.41, 5.74) is 4.45. The van der Waals surface area contributed by atoms with Crippen LogP contribution in [0, 0.1) is 0 Å². The van der Waals surface area contributed by atoms with Crippen molar-refractivity contribution < 1.29 is 9.47 Å². The lowest BCUT2D eigenvalue weighted by Gasteiger charge is -2.17. The Morgan fingerprint density at radius 1 is 0.476 bits per heavy atom. The van der Waals surface area contributed by atoms with Crippen molar-refractivity contribution in [2.45, 2.75) is 65.2 Å². The van der Waals surface area contributed by atoms with Crippen molar-refractivity contribution in [3.8, 4) is 11.5 Å². The molecule has 42 heavy (non-hydrogen) atoms. The minimum absolute atomic E-state index is 0.705. The van der Waals surface area contributed by atoms with E-state index in [0.29, 0.717) is 13.2 Å². The molecule has 0 aliphatic rings. The molecule has 0 unspecified atom stereocenters. The summed E-state index contributed by atoms with van der Waals surface area (Å²) in [6.45, 7) is 5.89. The van der Waals surface area contributed by atoms with Gasteiger partial charge < -0.3 is 9.47 Å². The standard InChI is InChI=1S/C38H42Br2O2/c1-3-5-7-9-27-41-37-31(17-11-29-13-21-33(39)22-14-29)19-26-36-35(37)25-20-32(38(36)42-28-10-8-6-4-2)18-12-30-15-23-34(40)24-16-30/h11-26H,3-10,27-28H2,1-2H3/b17-11+,18-12+. The third-order valence-corrected chi connectivity index (χ3v) is 8.36. The fourth-order valence-corrected chi connectivity index (χ4v) is 5.42. The van der Waals surface area contributed by atoms with Crippen molar-refractivity contribution in [2.24, 2.45) is 0 Å². The van der Waals surface area contributed by atoms with Gasteiger partial charge in [-0.3, -0.25) is 0 Å². The number of hydrogen-bond acceptors (Lipinski definition) is 2. The smallest absolute Gasteiger partial charge is 0.134 e. The number of ether oxygens (including phenoxy) is 2. The molecule has 2 nitrogen and oxygen atoms in total. The van der Waals surface area contributed by atoms with Gasteiger partial charge in [-0.05, 0) is 60.4 Å². The maximum Gasteiger partial charge on any atom is 0.134 e. The molecule has 0 radical (unpaired) electrons. The van der Waals surface area contributed by atoms with Crippen molar-refractivity contribution in [2.75, 3.05) is 13.2 Å². The normalized spacial score (nSPS) is 11.6. The lowest BCUT2D eigenvalue weighted by atomic mass is 9.99. The zero-order chi connectivity index (χ0) is 29.6. The second-order valence-corrected chi connectivity index (χ2v) is 12.5. The molecular weight excluding hydrogens is 648 g/mol. The van der Waals surface area contributed by atoms with Crippen LogP contribution in [0.25, 0.3) is 35.1 Å². The van der Waals surface area contributed by atoms with Crippen molar-refractivity contribution in [3.63, 3.8) is 0 Å². The van der Waals surface area contributed by atoms with E-state index in [4.69, 9.17) is 9.47 Å². The predicted octanol–water partition coefficient (Wildman–Crippen LogP) is 12.6. The highest BCUT2D eigenvalue weighted by Crippen LogP contribution is 2.39. The fraction of sp³-hybridized carbons (Fsp3) is 0.316. The zero-order valence-electron chi connectivity index (χ0n) is 24.9. The van der Waals surface area contributed by atoms with Crippen LogP contribution in [0.3, 0.4) is 0 Å². The van der Waals surface area contributed by atoms with Gasteiger partial charge in [0.15, 0.2) is 0 Å². The van der Waals surface area contributed by atoms with E-state index in [1.807, 2.05) is 0 Å². The van der Waals surface area contributed by atoms with Crippen LogP contribution in [0.15, 0.2) is 81.7 Å². The summed E-state index contributed by atoms with van der Waals surface area (Å²) in [5.74, 6) is 1.85. The maximum atomic E-state index is 6.56. The minimum Gasteiger partial charge on any atom is -0.492 e. The Kier molecular flexibility index (Phi) is 13.2. The maximum absolute atomic E-state index is 6.56. The molecule has 4 aromatic carbocycles. The van der Waals surface area contributed by atoms with Gasteiger partial charge in [-0.15, -0.1) is 0 Å². The second kappa shape index (κ2) is 17.3. The summed E-state index contributed by atoms with van der Waals surface area (Å²) >= 11 is 7.07. The fourth-order valence-electron chi connectivity index (χ4n) is 4.89. The van der Waals surface area contributed by atoms with Gasteiger partial charge in [0, 0.05) is 30.8 Å². The van der Waals surface area contributed by atoms with E-state index in [1.165, 1.54) is 38.5 Å². The summed E-state index contributed by atoms with van der Waals surface area (Å²) in [5, 5.41) is 2.18. The molecule has 0 atom stereocenters. The van der Waals surface area contributed by atoms with Gasteiger partial charge in [-0.1, -0.05) is 145 Å². The average molecular weight is 691 g/mol. The lowest BCUT2D eigenvalue weighted by Crippen LogP contribution is -2.02. The number of rotatable bonds is 16. The van der Waals surface area contributed by atoms with Crippen molar-refractivity contribution in [3.05, 3.63) is 104 Å². The molecule has 0 aromatic heterocycles. The highest BCUT2D eigenvalue weighted by molar-refractivity contribution is 9.10. The molecule has 0 saturated carbocycles. The summed E-state index contributed by atoms with van der Waals surface area (Å²) in [6, 6.07) is 25.5. The highest BCUT2D eigenvalue weighted by atomic mass is 79.9. The number of halogens is 2. The molecule has 0 saturated heterocycles. The Balaban J connectivity index is 1.72. The van der Waals surface area contributed by atoms with E-state index in [1.54, 1.807) is 0 Å². The Hall–Kier alpha value is -2.82. The highest BCUT2D eigenvalue weighted by Gasteiger charge is 2.14. The summed E-state index contributed by atoms with van der Waals surface area (Å²) in [4.78, 5) is 0. The van der Waals surface area contributed by atoms with E-state index in [9.17, 15) is 0 Å². The van der Waals surface area contributed by atoms with Crippen LogP contribution in [0.1, 0.15) is 87.5 Å². The van der Waals surface area contributed by atoms with Crippen LogP contribution in [0.5, 0.6) is 11.5 Å². The lowest BCUT2D eigenvalue weighted by molar-refractivity contribution is 0.305. The first-order valence-electron chi connectivity index (χ1n) is 15.3. The Morgan fingerprint density at radius 2 is 0.881 bits per heavy atom. The van der Waals surface area contributed by atoms with Gasteiger partial charge in [0.25, 0.3) is 0 Å². The van der Waals surface area contributed by atoms with E-state index >= 15 is 0 Å². The molecule has 4 heteroatoms. The largest absolute Gasteiger partial charge is 0.492 e. The number of fused-ring (bicyclic) bond motifs is 1. The molecule has 0 N–H and O–H groups in total. The van der Waals surface area contributed by atoms with Gasteiger partial charge in [-0.25, -0.2) is 0 Å². The van der Waals surface area contributed by atoms with Crippen LogP contribution in [0.2, 0.25) is 0 Å². The van der Waals surface area contributed by atoms with Crippen LogP contribution >= 0.6 is 31.9 Å². The van der Waals surface area contributed by atoms with E-state index < -0.39 is 0 Å². The molecule has 0 aliphatic heterocycles. The van der Waals surface area contributed by atoms with Crippen molar-refractivity contribution in [1.29, 1.82) is 0 Å². The van der Waals surface area contributed by atoms with Gasteiger partial charge in [-0.2, -0.15) is 0 Å². The number of unbranched alkanes of at least 4 members (excludes halogenated alkanes) is 6. The molecule has 0 fully saturated rings. The molecule has 4 aromatic rings. The Bertz CT molecular complexity index is 1340. The Morgan fingerprint density at radius 3 is 1.26 bits per heavy atom. The average Bonchev–Trinajstić information content (AvgIpc) is 3.01.